The van der Waals surface area contributed by atoms with Gasteiger partial charge >= 0.3 is 5.97 Å². The summed E-state index contributed by atoms with van der Waals surface area (Å²) in [6, 6.07) is 0. The van der Waals surface area contributed by atoms with Gasteiger partial charge in [0.25, 0.3) is 0 Å². The maximum Gasteiger partial charge on any atom is 0.308 e. The number of hydrogen-bond donors (Lipinski definition) is 0. The van der Waals surface area contributed by atoms with Crippen LogP contribution in [0.3, 0.4) is 0 Å². The predicted molar refractivity (Wildman–Crippen MR) is 51.6 cm³/mol. The van der Waals surface area contributed by atoms with E-state index < -0.39 is 0 Å². The fourth-order valence-electron chi connectivity index (χ4n) is 1.07. The molecule has 0 aliphatic carbocycles. The first-order valence-electron chi connectivity index (χ1n) is 4.97. The standard InChI is InChI=1S/C10H20O3/c1-4-6-9(3)13-8-7-10(11)12-5-2/h9H,4-8H2,1-3H3. The lowest BCUT2D eigenvalue weighted by Gasteiger charge is -2.10. The van der Waals surface area contributed by atoms with Crippen LogP contribution in [0.4, 0.5) is 0 Å². The second-order valence-electron chi connectivity index (χ2n) is 3.03. The third-order valence-electron chi connectivity index (χ3n) is 1.71. The van der Waals surface area contributed by atoms with E-state index in [1.54, 1.807) is 6.92 Å². The molecule has 0 aliphatic rings. The number of esters is 1. The van der Waals surface area contributed by atoms with E-state index in [9.17, 15) is 4.79 Å². The molecule has 0 aliphatic heterocycles. The molecule has 78 valence electrons. The van der Waals surface area contributed by atoms with Crippen LogP contribution in [0.2, 0.25) is 0 Å². The van der Waals surface area contributed by atoms with Crippen molar-refractivity contribution in [1.29, 1.82) is 0 Å². The highest BCUT2D eigenvalue weighted by molar-refractivity contribution is 5.69. The molecular weight excluding hydrogens is 168 g/mol. The third kappa shape index (κ3) is 7.78. The van der Waals surface area contributed by atoms with E-state index in [-0.39, 0.29) is 12.1 Å². The summed E-state index contributed by atoms with van der Waals surface area (Å²) >= 11 is 0. The summed E-state index contributed by atoms with van der Waals surface area (Å²) in [4.78, 5) is 10.9. The molecule has 1 atom stereocenters. The van der Waals surface area contributed by atoms with E-state index in [2.05, 4.69) is 6.92 Å². The molecule has 0 saturated carbocycles. The molecule has 0 fully saturated rings. The molecule has 0 radical (unpaired) electrons. The van der Waals surface area contributed by atoms with Gasteiger partial charge in [-0.2, -0.15) is 0 Å². The van der Waals surface area contributed by atoms with Crippen molar-refractivity contribution in [3.8, 4) is 0 Å². The van der Waals surface area contributed by atoms with Crippen LogP contribution in [-0.4, -0.2) is 25.3 Å². The SMILES string of the molecule is CCCC(C)OCCC(=O)OCC. The molecule has 13 heavy (non-hydrogen) atoms. The lowest BCUT2D eigenvalue weighted by Crippen LogP contribution is -2.13. The van der Waals surface area contributed by atoms with Crippen molar-refractivity contribution >= 4 is 5.97 Å². The summed E-state index contributed by atoms with van der Waals surface area (Å²) < 4.78 is 10.2. The second kappa shape index (κ2) is 8.05. The molecule has 0 aromatic heterocycles. The normalized spacial score (nSPS) is 12.5. The van der Waals surface area contributed by atoms with Crippen molar-refractivity contribution in [3.05, 3.63) is 0 Å². The van der Waals surface area contributed by atoms with Crippen molar-refractivity contribution < 1.29 is 14.3 Å². The summed E-state index contributed by atoms with van der Waals surface area (Å²) in [5, 5.41) is 0. The molecule has 3 nitrogen and oxygen atoms in total. The Morgan fingerprint density at radius 2 is 2.08 bits per heavy atom. The summed E-state index contributed by atoms with van der Waals surface area (Å²) in [6.45, 7) is 6.86. The van der Waals surface area contributed by atoms with Gasteiger partial charge in [-0.1, -0.05) is 13.3 Å². The largest absolute Gasteiger partial charge is 0.466 e. The monoisotopic (exact) mass is 188 g/mol. The number of ether oxygens (including phenoxy) is 2. The van der Waals surface area contributed by atoms with Crippen LogP contribution >= 0.6 is 0 Å². The van der Waals surface area contributed by atoms with Gasteiger partial charge in [0.05, 0.1) is 25.7 Å². The van der Waals surface area contributed by atoms with E-state index in [1.165, 1.54) is 0 Å². The van der Waals surface area contributed by atoms with Gasteiger partial charge in [-0.15, -0.1) is 0 Å². The Labute approximate surface area is 80.4 Å². The molecule has 0 N–H and O–H groups in total. The molecule has 0 spiro atoms. The summed E-state index contributed by atoms with van der Waals surface area (Å²) in [5.74, 6) is -0.175. The Morgan fingerprint density at radius 1 is 1.38 bits per heavy atom. The van der Waals surface area contributed by atoms with Gasteiger partial charge in [0.1, 0.15) is 0 Å². The zero-order valence-corrected chi connectivity index (χ0v) is 8.84. The Kier molecular flexibility index (Phi) is 7.69. The fourth-order valence-corrected chi connectivity index (χ4v) is 1.07. The Bertz CT molecular complexity index is 134. The van der Waals surface area contributed by atoms with Crippen molar-refractivity contribution in [2.24, 2.45) is 0 Å². The molecular formula is C10H20O3. The number of rotatable bonds is 7. The molecule has 0 heterocycles. The maximum absolute atomic E-state index is 10.9. The topological polar surface area (TPSA) is 35.5 Å². The first kappa shape index (κ1) is 12.4. The van der Waals surface area contributed by atoms with Gasteiger partial charge < -0.3 is 9.47 Å². The van der Waals surface area contributed by atoms with Gasteiger partial charge in [0.2, 0.25) is 0 Å². The van der Waals surface area contributed by atoms with Crippen molar-refractivity contribution in [1.82, 2.24) is 0 Å². The number of carbonyl (C=O) groups excluding carboxylic acids is 1. The summed E-state index contributed by atoms with van der Waals surface area (Å²) in [5.41, 5.74) is 0. The average Bonchev–Trinajstić information content (AvgIpc) is 2.05. The van der Waals surface area contributed by atoms with Gasteiger partial charge in [-0.25, -0.2) is 0 Å². The first-order chi connectivity index (χ1) is 6.20. The van der Waals surface area contributed by atoms with E-state index in [0.717, 1.165) is 12.8 Å². The Balaban J connectivity index is 3.28. The Hall–Kier alpha value is -0.570. The van der Waals surface area contributed by atoms with Crippen molar-refractivity contribution in [3.63, 3.8) is 0 Å². The van der Waals surface area contributed by atoms with Crippen molar-refractivity contribution in [2.45, 2.75) is 46.1 Å². The molecule has 3 heteroatoms. The molecule has 1 unspecified atom stereocenters. The minimum Gasteiger partial charge on any atom is -0.466 e. The van der Waals surface area contributed by atoms with E-state index in [0.29, 0.717) is 19.6 Å². The number of hydrogen-bond acceptors (Lipinski definition) is 3. The number of carbonyl (C=O) groups is 1. The van der Waals surface area contributed by atoms with Crippen LogP contribution < -0.4 is 0 Å². The molecule has 0 aromatic carbocycles. The van der Waals surface area contributed by atoms with E-state index in [1.807, 2.05) is 6.92 Å². The van der Waals surface area contributed by atoms with Gasteiger partial charge in [-0.05, 0) is 20.3 Å². The van der Waals surface area contributed by atoms with Crippen LogP contribution in [0.5, 0.6) is 0 Å². The Morgan fingerprint density at radius 3 is 2.62 bits per heavy atom. The summed E-state index contributed by atoms with van der Waals surface area (Å²) in [7, 11) is 0. The van der Waals surface area contributed by atoms with Crippen LogP contribution in [0.1, 0.15) is 40.0 Å². The van der Waals surface area contributed by atoms with Crippen LogP contribution in [-0.2, 0) is 14.3 Å². The zero-order chi connectivity index (χ0) is 10.1. The summed E-state index contributed by atoms with van der Waals surface area (Å²) in [6.07, 6.45) is 2.77. The second-order valence-corrected chi connectivity index (χ2v) is 3.03. The third-order valence-corrected chi connectivity index (χ3v) is 1.71. The van der Waals surface area contributed by atoms with Crippen LogP contribution in [0, 0.1) is 0 Å². The zero-order valence-electron chi connectivity index (χ0n) is 8.84. The highest BCUT2D eigenvalue weighted by Gasteiger charge is 2.04. The lowest BCUT2D eigenvalue weighted by molar-refractivity contribution is -0.144. The van der Waals surface area contributed by atoms with Gasteiger partial charge in [0, 0.05) is 0 Å². The highest BCUT2D eigenvalue weighted by atomic mass is 16.5. The maximum atomic E-state index is 10.9. The van der Waals surface area contributed by atoms with Crippen molar-refractivity contribution in [2.75, 3.05) is 13.2 Å². The first-order valence-corrected chi connectivity index (χ1v) is 4.97. The minimum absolute atomic E-state index is 0.175. The van der Waals surface area contributed by atoms with Crippen LogP contribution in [0.25, 0.3) is 0 Å². The van der Waals surface area contributed by atoms with E-state index >= 15 is 0 Å². The molecule has 0 bridgehead atoms. The molecule has 0 rings (SSSR count). The fraction of sp³-hybridized carbons (Fsp3) is 0.900. The smallest absolute Gasteiger partial charge is 0.308 e. The van der Waals surface area contributed by atoms with Gasteiger partial charge in [0.15, 0.2) is 0 Å². The molecule has 0 aromatic rings. The highest BCUT2D eigenvalue weighted by Crippen LogP contribution is 2.01. The minimum atomic E-state index is -0.175. The average molecular weight is 188 g/mol. The quantitative estimate of drug-likeness (QED) is 0.574. The predicted octanol–water partition coefficient (Wildman–Crippen LogP) is 2.14. The molecule has 0 saturated heterocycles. The van der Waals surface area contributed by atoms with Gasteiger partial charge in [-0.3, -0.25) is 4.79 Å². The lowest BCUT2D eigenvalue weighted by atomic mass is 10.2. The molecule has 0 amide bonds. The van der Waals surface area contributed by atoms with E-state index in [4.69, 9.17) is 9.47 Å². The van der Waals surface area contributed by atoms with Crippen LogP contribution in [0.15, 0.2) is 0 Å².